The van der Waals surface area contributed by atoms with Gasteiger partial charge in [-0.2, -0.15) is 0 Å². The first-order valence-electron chi connectivity index (χ1n) is 7.23. The summed E-state index contributed by atoms with van der Waals surface area (Å²) in [7, 11) is 1.61. The molecule has 1 amide bonds. The van der Waals surface area contributed by atoms with Crippen molar-refractivity contribution in [1.82, 2.24) is 5.32 Å². The summed E-state index contributed by atoms with van der Waals surface area (Å²) < 4.78 is 16.6. The van der Waals surface area contributed by atoms with Crippen LogP contribution >= 0.6 is 0 Å². The Hall–Kier alpha value is -1.91. The van der Waals surface area contributed by atoms with E-state index in [9.17, 15) is 4.79 Å². The summed E-state index contributed by atoms with van der Waals surface area (Å²) in [5.74, 6) is 1.79. The number of hydrogen-bond acceptors (Lipinski definition) is 4. The highest BCUT2D eigenvalue weighted by Crippen LogP contribution is 2.37. The molecule has 116 valence electrons. The van der Waals surface area contributed by atoms with Gasteiger partial charge in [0, 0.05) is 13.0 Å². The van der Waals surface area contributed by atoms with E-state index in [4.69, 9.17) is 14.2 Å². The van der Waals surface area contributed by atoms with Crippen LogP contribution in [0.5, 0.6) is 11.5 Å². The lowest BCUT2D eigenvalue weighted by molar-refractivity contribution is -0.00294. The topological polar surface area (TPSA) is 56.8 Å². The van der Waals surface area contributed by atoms with Gasteiger partial charge in [-0.1, -0.05) is 19.9 Å². The number of rotatable bonds is 5. The van der Waals surface area contributed by atoms with Crippen molar-refractivity contribution in [2.24, 2.45) is 5.92 Å². The number of nitrogens with one attached hydrogen (secondary N) is 1. The second-order valence-corrected chi connectivity index (χ2v) is 5.87. The summed E-state index contributed by atoms with van der Waals surface area (Å²) >= 11 is 0. The van der Waals surface area contributed by atoms with Crippen LogP contribution in [0, 0.1) is 5.92 Å². The number of carbonyl (C=O) groups excluding carboxylic acids is 1. The van der Waals surface area contributed by atoms with E-state index in [0.717, 1.165) is 5.56 Å². The molecule has 1 heterocycles. The molecule has 0 spiro atoms. The first kappa shape index (κ1) is 15.5. The van der Waals surface area contributed by atoms with E-state index in [1.807, 2.05) is 25.1 Å². The molecule has 5 heteroatoms. The third-order valence-corrected chi connectivity index (χ3v) is 3.54. The van der Waals surface area contributed by atoms with Crippen LogP contribution < -0.4 is 14.8 Å². The molecule has 0 aliphatic carbocycles. The molecule has 1 N–H and O–H groups in total. The van der Waals surface area contributed by atoms with Crippen LogP contribution in [-0.4, -0.2) is 26.4 Å². The standard InChI is InChI=1S/C16H23NO4/c1-11(2)10-20-14-9-12(5-6-13(14)19-4)16(3)7-8-17-15(18)21-16/h5-6,9,11H,7-8,10H2,1-4H3,(H,17,18). The Morgan fingerprint density at radius 2 is 2.14 bits per heavy atom. The van der Waals surface area contributed by atoms with E-state index in [0.29, 0.717) is 37.0 Å². The number of carbonyl (C=O) groups is 1. The quantitative estimate of drug-likeness (QED) is 0.906. The number of benzene rings is 1. The van der Waals surface area contributed by atoms with Crippen molar-refractivity contribution in [2.45, 2.75) is 32.8 Å². The summed E-state index contributed by atoms with van der Waals surface area (Å²) in [5.41, 5.74) is 0.279. The lowest BCUT2D eigenvalue weighted by Crippen LogP contribution is -2.43. The average molecular weight is 293 g/mol. The number of cyclic esters (lactones) is 1. The summed E-state index contributed by atoms with van der Waals surface area (Å²) in [5, 5.41) is 2.67. The molecule has 0 saturated carbocycles. The number of hydrogen-bond donors (Lipinski definition) is 1. The van der Waals surface area contributed by atoms with E-state index >= 15 is 0 Å². The van der Waals surface area contributed by atoms with Crippen LogP contribution in [0.15, 0.2) is 18.2 Å². The second-order valence-electron chi connectivity index (χ2n) is 5.87. The molecule has 1 unspecified atom stereocenters. The van der Waals surface area contributed by atoms with Crippen molar-refractivity contribution >= 4 is 6.09 Å². The maximum Gasteiger partial charge on any atom is 0.408 e. The zero-order chi connectivity index (χ0) is 15.5. The molecule has 5 nitrogen and oxygen atoms in total. The maximum atomic E-state index is 11.5. The Kier molecular flexibility index (Phi) is 4.60. The van der Waals surface area contributed by atoms with Gasteiger partial charge in [-0.3, -0.25) is 0 Å². The van der Waals surface area contributed by atoms with Crippen LogP contribution in [0.1, 0.15) is 32.8 Å². The van der Waals surface area contributed by atoms with Crippen molar-refractivity contribution in [2.75, 3.05) is 20.3 Å². The third kappa shape index (κ3) is 3.60. The van der Waals surface area contributed by atoms with Crippen LogP contribution in [0.4, 0.5) is 4.79 Å². The highest BCUT2D eigenvalue weighted by atomic mass is 16.6. The zero-order valence-electron chi connectivity index (χ0n) is 13.1. The van der Waals surface area contributed by atoms with Gasteiger partial charge in [-0.15, -0.1) is 0 Å². The van der Waals surface area contributed by atoms with Gasteiger partial charge in [0.05, 0.1) is 13.7 Å². The van der Waals surface area contributed by atoms with E-state index in [1.54, 1.807) is 7.11 Å². The minimum Gasteiger partial charge on any atom is -0.493 e. The molecule has 1 aromatic carbocycles. The molecule has 1 fully saturated rings. The van der Waals surface area contributed by atoms with Gasteiger partial charge < -0.3 is 19.5 Å². The van der Waals surface area contributed by atoms with Crippen LogP contribution in [0.25, 0.3) is 0 Å². The van der Waals surface area contributed by atoms with Crippen molar-refractivity contribution in [1.29, 1.82) is 0 Å². The largest absolute Gasteiger partial charge is 0.493 e. The number of methoxy groups -OCH3 is 1. The van der Waals surface area contributed by atoms with Crippen molar-refractivity contribution < 1.29 is 19.0 Å². The Bertz CT molecular complexity index is 515. The molecule has 1 saturated heterocycles. The van der Waals surface area contributed by atoms with Crippen LogP contribution in [-0.2, 0) is 10.3 Å². The van der Waals surface area contributed by atoms with Gasteiger partial charge in [0.25, 0.3) is 0 Å². The van der Waals surface area contributed by atoms with Crippen molar-refractivity contribution in [3.05, 3.63) is 23.8 Å². The summed E-state index contributed by atoms with van der Waals surface area (Å²) in [6.45, 7) is 7.31. The number of alkyl carbamates (subject to hydrolysis) is 1. The Morgan fingerprint density at radius 3 is 2.76 bits per heavy atom. The van der Waals surface area contributed by atoms with E-state index in [-0.39, 0.29) is 6.09 Å². The fourth-order valence-corrected chi connectivity index (χ4v) is 2.27. The molecule has 1 aliphatic heterocycles. The van der Waals surface area contributed by atoms with Gasteiger partial charge in [-0.05, 0) is 30.5 Å². The van der Waals surface area contributed by atoms with Crippen molar-refractivity contribution in [3.63, 3.8) is 0 Å². The zero-order valence-corrected chi connectivity index (χ0v) is 13.1. The number of ether oxygens (including phenoxy) is 3. The lowest BCUT2D eigenvalue weighted by Gasteiger charge is -2.34. The highest BCUT2D eigenvalue weighted by Gasteiger charge is 2.35. The highest BCUT2D eigenvalue weighted by molar-refractivity contribution is 5.69. The summed E-state index contributed by atoms with van der Waals surface area (Å²) in [6, 6.07) is 5.67. The molecular weight excluding hydrogens is 270 g/mol. The molecule has 2 rings (SSSR count). The first-order chi connectivity index (χ1) is 9.94. The van der Waals surface area contributed by atoms with Gasteiger partial charge >= 0.3 is 6.09 Å². The van der Waals surface area contributed by atoms with Gasteiger partial charge in [0.1, 0.15) is 5.60 Å². The van der Waals surface area contributed by atoms with E-state index in [2.05, 4.69) is 19.2 Å². The molecular formula is C16H23NO4. The number of amides is 1. The van der Waals surface area contributed by atoms with E-state index in [1.165, 1.54) is 0 Å². The lowest BCUT2D eigenvalue weighted by atomic mass is 9.91. The maximum absolute atomic E-state index is 11.5. The molecule has 1 aromatic rings. The fourth-order valence-electron chi connectivity index (χ4n) is 2.27. The smallest absolute Gasteiger partial charge is 0.408 e. The molecule has 21 heavy (non-hydrogen) atoms. The first-order valence-corrected chi connectivity index (χ1v) is 7.23. The van der Waals surface area contributed by atoms with Crippen LogP contribution in [0.3, 0.4) is 0 Å². The Balaban J connectivity index is 2.27. The van der Waals surface area contributed by atoms with Gasteiger partial charge in [0.15, 0.2) is 11.5 Å². The average Bonchev–Trinajstić information content (AvgIpc) is 2.44. The van der Waals surface area contributed by atoms with Gasteiger partial charge in [-0.25, -0.2) is 4.79 Å². The minimum absolute atomic E-state index is 0.385. The monoisotopic (exact) mass is 293 g/mol. The Labute approximate surface area is 125 Å². The molecule has 1 aliphatic rings. The molecule has 1 atom stereocenters. The van der Waals surface area contributed by atoms with Crippen molar-refractivity contribution in [3.8, 4) is 11.5 Å². The predicted molar refractivity (Wildman–Crippen MR) is 79.8 cm³/mol. The molecule has 0 radical (unpaired) electrons. The second kappa shape index (κ2) is 6.24. The van der Waals surface area contributed by atoms with E-state index < -0.39 is 5.60 Å². The fraction of sp³-hybridized carbons (Fsp3) is 0.562. The molecule has 0 aromatic heterocycles. The third-order valence-electron chi connectivity index (χ3n) is 3.54. The normalized spacial score (nSPS) is 21.7. The minimum atomic E-state index is -0.634. The van der Waals surface area contributed by atoms with Gasteiger partial charge in [0.2, 0.25) is 0 Å². The molecule has 0 bridgehead atoms. The predicted octanol–water partition coefficient (Wildman–Crippen LogP) is 3.08. The summed E-state index contributed by atoms with van der Waals surface area (Å²) in [6.07, 6.45) is 0.332. The summed E-state index contributed by atoms with van der Waals surface area (Å²) in [4.78, 5) is 11.5. The Morgan fingerprint density at radius 1 is 1.38 bits per heavy atom. The SMILES string of the molecule is COc1ccc(C2(C)CCNC(=O)O2)cc1OCC(C)C. The van der Waals surface area contributed by atoms with Crippen LogP contribution in [0.2, 0.25) is 0 Å².